The van der Waals surface area contributed by atoms with E-state index >= 15 is 0 Å². The van der Waals surface area contributed by atoms with Crippen molar-refractivity contribution in [3.05, 3.63) is 65.9 Å². The first-order valence-electron chi connectivity index (χ1n) is 8.72. The quantitative estimate of drug-likeness (QED) is 0.573. The number of carbonyl (C=O) groups excluding carboxylic acids is 1. The molecule has 6 heteroatoms. The molecule has 27 heavy (non-hydrogen) atoms. The first kappa shape index (κ1) is 18.9. The highest BCUT2D eigenvalue weighted by Crippen LogP contribution is 2.27. The summed E-state index contributed by atoms with van der Waals surface area (Å²) in [5.41, 5.74) is 1.68. The Kier molecular flexibility index (Phi) is 5.74. The van der Waals surface area contributed by atoms with Crippen LogP contribution in [0.2, 0.25) is 0 Å². The van der Waals surface area contributed by atoms with Gasteiger partial charge in [0.05, 0.1) is 6.04 Å². The zero-order valence-corrected chi connectivity index (χ0v) is 15.2. The first-order chi connectivity index (χ1) is 12.9. The third kappa shape index (κ3) is 4.64. The molecule has 3 aromatic rings. The minimum Gasteiger partial charge on any atom is -0.459 e. The van der Waals surface area contributed by atoms with E-state index in [1.807, 2.05) is 37.3 Å². The number of carbonyl (C=O) groups is 1. The van der Waals surface area contributed by atoms with Gasteiger partial charge >= 0.3 is 6.61 Å². The van der Waals surface area contributed by atoms with Gasteiger partial charge in [0, 0.05) is 18.9 Å². The lowest BCUT2D eigenvalue weighted by Gasteiger charge is -2.23. The van der Waals surface area contributed by atoms with Gasteiger partial charge < -0.3 is 14.1 Å². The molecule has 0 spiro atoms. The molecular formula is C21H21F2NO3. The Bertz CT molecular complexity index is 872. The lowest BCUT2D eigenvalue weighted by Crippen LogP contribution is -2.29. The maximum atomic E-state index is 12.5. The average molecular weight is 373 g/mol. The van der Waals surface area contributed by atoms with Gasteiger partial charge in [-0.15, -0.1) is 0 Å². The van der Waals surface area contributed by atoms with Gasteiger partial charge in [-0.25, -0.2) is 0 Å². The predicted molar refractivity (Wildman–Crippen MR) is 98.8 cm³/mol. The van der Waals surface area contributed by atoms with Crippen LogP contribution in [-0.4, -0.2) is 24.5 Å². The molecule has 3 rings (SSSR count). The van der Waals surface area contributed by atoms with E-state index < -0.39 is 6.61 Å². The number of aryl methyl sites for hydroxylation is 1. The highest BCUT2D eigenvalue weighted by Gasteiger charge is 2.20. The number of halogens is 2. The van der Waals surface area contributed by atoms with Crippen LogP contribution in [0.15, 0.2) is 59.0 Å². The topological polar surface area (TPSA) is 42.7 Å². The van der Waals surface area contributed by atoms with Crippen molar-refractivity contribution in [1.29, 1.82) is 0 Å². The number of hydrogen-bond donors (Lipinski definition) is 0. The van der Waals surface area contributed by atoms with Crippen LogP contribution < -0.4 is 4.74 Å². The van der Waals surface area contributed by atoms with Crippen molar-refractivity contribution >= 4 is 16.9 Å². The second-order valence-corrected chi connectivity index (χ2v) is 6.39. The molecule has 0 radical (unpaired) electrons. The van der Waals surface area contributed by atoms with E-state index in [1.165, 1.54) is 12.1 Å². The van der Waals surface area contributed by atoms with E-state index in [2.05, 4.69) is 4.74 Å². The SMILES string of the molecule is CC(c1cc2ccccc2o1)N(C)C(=O)CCc1ccc(OC(F)F)cc1. The summed E-state index contributed by atoms with van der Waals surface area (Å²) in [4.78, 5) is 14.2. The highest BCUT2D eigenvalue weighted by molar-refractivity contribution is 5.79. The van der Waals surface area contributed by atoms with Crippen LogP contribution in [-0.2, 0) is 11.2 Å². The van der Waals surface area contributed by atoms with Crippen LogP contribution in [0.4, 0.5) is 8.78 Å². The minimum absolute atomic E-state index is 0.0177. The van der Waals surface area contributed by atoms with Crippen molar-refractivity contribution in [3.8, 4) is 5.75 Å². The van der Waals surface area contributed by atoms with E-state index in [0.717, 1.165) is 22.3 Å². The smallest absolute Gasteiger partial charge is 0.387 e. The fourth-order valence-electron chi connectivity index (χ4n) is 2.88. The van der Waals surface area contributed by atoms with Crippen LogP contribution in [0.1, 0.15) is 30.7 Å². The summed E-state index contributed by atoms with van der Waals surface area (Å²) in [6, 6.07) is 15.8. The molecule has 0 fully saturated rings. The summed E-state index contributed by atoms with van der Waals surface area (Å²) < 4.78 is 34.5. The van der Waals surface area contributed by atoms with E-state index in [1.54, 1.807) is 24.1 Å². The van der Waals surface area contributed by atoms with Crippen LogP contribution in [0.5, 0.6) is 5.75 Å². The van der Waals surface area contributed by atoms with Crippen molar-refractivity contribution in [2.45, 2.75) is 32.4 Å². The Morgan fingerprint density at radius 2 is 1.85 bits per heavy atom. The largest absolute Gasteiger partial charge is 0.459 e. The zero-order chi connectivity index (χ0) is 19.4. The molecule has 1 heterocycles. The van der Waals surface area contributed by atoms with Crippen molar-refractivity contribution in [2.75, 3.05) is 7.05 Å². The maximum Gasteiger partial charge on any atom is 0.387 e. The monoisotopic (exact) mass is 373 g/mol. The second kappa shape index (κ2) is 8.20. The third-order valence-corrected chi connectivity index (χ3v) is 4.61. The van der Waals surface area contributed by atoms with E-state index in [0.29, 0.717) is 12.8 Å². The minimum atomic E-state index is -2.84. The molecule has 2 aromatic carbocycles. The Hall–Kier alpha value is -2.89. The fourth-order valence-corrected chi connectivity index (χ4v) is 2.88. The van der Waals surface area contributed by atoms with E-state index in [4.69, 9.17) is 4.42 Å². The molecule has 4 nitrogen and oxygen atoms in total. The molecule has 0 aliphatic rings. The number of fused-ring (bicyclic) bond motifs is 1. The highest BCUT2D eigenvalue weighted by atomic mass is 19.3. The number of rotatable bonds is 7. The lowest BCUT2D eigenvalue weighted by molar-refractivity contribution is -0.132. The average Bonchev–Trinajstić information content (AvgIpc) is 3.09. The Balaban J connectivity index is 1.58. The summed E-state index contributed by atoms with van der Waals surface area (Å²) in [6.07, 6.45) is 0.834. The summed E-state index contributed by atoms with van der Waals surface area (Å²) in [6.45, 7) is -0.919. The maximum absolute atomic E-state index is 12.5. The number of nitrogens with zero attached hydrogens (tertiary/aromatic N) is 1. The Morgan fingerprint density at radius 3 is 2.52 bits per heavy atom. The van der Waals surface area contributed by atoms with Gasteiger partial charge in [-0.05, 0) is 43.2 Å². The standard InChI is InChI=1S/C21H21F2NO3/c1-14(19-13-16-5-3-4-6-18(16)27-19)24(2)20(25)12-9-15-7-10-17(11-8-15)26-21(22)23/h3-8,10-11,13-14,21H,9,12H2,1-2H3. The molecule has 0 aliphatic carbocycles. The van der Waals surface area contributed by atoms with Crippen LogP contribution in [0.3, 0.4) is 0 Å². The van der Waals surface area contributed by atoms with Crippen molar-refractivity contribution in [3.63, 3.8) is 0 Å². The van der Waals surface area contributed by atoms with Gasteiger partial charge in [0.15, 0.2) is 0 Å². The number of benzene rings is 2. The molecule has 0 bridgehead atoms. The molecule has 142 valence electrons. The van der Waals surface area contributed by atoms with Crippen LogP contribution in [0.25, 0.3) is 11.0 Å². The molecule has 1 unspecified atom stereocenters. The van der Waals surface area contributed by atoms with Gasteiger partial charge in [-0.3, -0.25) is 4.79 Å². The molecule has 1 aromatic heterocycles. The normalized spacial score (nSPS) is 12.3. The molecule has 0 aliphatic heterocycles. The van der Waals surface area contributed by atoms with Crippen LogP contribution >= 0.6 is 0 Å². The van der Waals surface area contributed by atoms with Gasteiger partial charge in [-0.1, -0.05) is 30.3 Å². The zero-order valence-electron chi connectivity index (χ0n) is 15.2. The number of alkyl halides is 2. The third-order valence-electron chi connectivity index (χ3n) is 4.61. The van der Waals surface area contributed by atoms with Crippen LogP contribution in [0, 0.1) is 0 Å². The number of amides is 1. The van der Waals surface area contributed by atoms with Gasteiger partial charge in [0.2, 0.25) is 5.91 Å². The number of ether oxygens (including phenoxy) is 1. The second-order valence-electron chi connectivity index (χ2n) is 6.39. The summed E-state index contributed by atoms with van der Waals surface area (Å²) in [5.74, 6) is 0.826. The van der Waals surface area contributed by atoms with Gasteiger partial charge in [0.1, 0.15) is 17.1 Å². The molecular weight excluding hydrogens is 352 g/mol. The number of hydrogen-bond acceptors (Lipinski definition) is 3. The summed E-state index contributed by atoms with van der Waals surface area (Å²) >= 11 is 0. The van der Waals surface area contributed by atoms with Crippen molar-refractivity contribution < 1.29 is 22.7 Å². The van der Waals surface area contributed by atoms with Gasteiger partial charge in [0.25, 0.3) is 0 Å². The molecule has 0 saturated carbocycles. The van der Waals surface area contributed by atoms with Crippen molar-refractivity contribution in [1.82, 2.24) is 4.90 Å². The summed E-state index contributed by atoms with van der Waals surface area (Å²) in [5, 5.41) is 1.01. The molecule has 0 saturated heterocycles. The lowest BCUT2D eigenvalue weighted by atomic mass is 10.1. The van der Waals surface area contributed by atoms with Gasteiger partial charge in [-0.2, -0.15) is 8.78 Å². The van der Waals surface area contributed by atoms with E-state index in [-0.39, 0.29) is 17.7 Å². The number of furan rings is 1. The van der Waals surface area contributed by atoms with Crippen molar-refractivity contribution in [2.24, 2.45) is 0 Å². The Labute approximate surface area is 156 Å². The molecule has 1 amide bonds. The van der Waals surface area contributed by atoms with E-state index in [9.17, 15) is 13.6 Å². The predicted octanol–water partition coefficient (Wildman–Crippen LogP) is 5.19. The first-order valence-corrected chi connectivity index (χ1v) is 8.72. The molecule has 0 N–H and O–H groups in total. The number of para-hydroxylation sites is 1. The molecule has 1 atom stereocenters. The summed E-state index contributed by atoms with van der Waals surface area (Å²) in [7, 11) is 1.75. The Morgan fingerprint density at radius 1 is 1.15 bits per heavy atom. The fraction of sp³-hybridized carbons (Fsp3) is 0.286.